The third-order valence-electron chi connectivity index (χ3n) is 21.4. The van der Waals surface area contributed by atoms with Gasteiger partial charge in [0.25, 0.3) is 0 Å². The molecule has 0 saturated carbocycles. The van der Waals surface area contributed by atoms with Crippen molar-refractivity contribution in [3.63, 3.8) is 0 Å². The van der Waals surface area contributed by atoms with Crippen molar-refractivity contribution in [1.29, 1.82) is 0 Å². The number of phosphoric ester groups is 2. The molecular formula is C89H174O17P2. The Labute approximate surface area is 664 Å². The number of aliphatic hydroxyl groups is 1. The van der Waals surface area contributed by atoms with Crippen LogP contribution in [0.5, 0.6) is 0 Å². The maximum atomic E-state index is 13.2. The average Bonchev–Trinajstić information content (AvgIpc) is 0.902. The second-order valence-corrected chi connectivity index (χ2v) is 35.1. The lowest BCUT2D eigenvalue weighted by Gasteiger charge is -2.21. The fourth-order valence-corrected chi connectivity index (χ4v) is 15.5. The van der Waals surface area contributed by atoms with E-state index in [0.717, 1.165) is 95.8 Å². The van der Waals surface area contributed by atoms with Crippen LogP contribution in [0, 0.1) is 5.92 Å². The molecule has 0 aromatic heterocycles. The van der Waals surface area contributed by atoms with Gasteiger partial charge in [0.15, 0.2) is 12.2 Å². The van der Waals surface area contributed by atoms with E-state index in [1.165, 1.54) is 308 Å². The SMILES string of the molecule is CCCCCCCCCCCCCCCCCCCCCCCC(=O)O[C@H](COC(=O)CCCCCCCCCCCCCCCCCCCCCC)COP(=O)(O)OC[C@@H](O)COP(=O)(O)OC[C@@H](COC(=O)CCCCCCCCCCC(C)CC)OC(=O)CCCCCCCCCCCCCCCCC. The molecule has 0 radical (unpaired) electrons. The normalized spacial score (nSPS) is 14.0. The first-order valence-corrected chi connectivity index (χ1v) is 49.2. The van der Waals surface area contributed by atoms with E-state index in [9.17, 15) is 43.2 Å². The number of carbonyl (C=O) groups is 4. The zero-order valence-electron chi connectivity index (χ0n) is 71.0. The Kier molecular flexibility index (Phi) is 80.2. The Bertz CT molecular complexity index is 2050. The predicted molar refractivity (Wildman–Crippen MR) is 446 cm³/mol. The van der Waals surface area contributed by atoms with Crippen molar-refractivity contribution in [3.05, 3.63) is 0 Å². The van der Waals surface area contributed by atoms with Gasteiger partial charge < -0.3 is 33.8 Å². The molecule has 17 nitrogen and oxygen atoms in total. The van der Waals surface area contributed by atoms with Crippen molar-refractivity contribution in [2.24, 2.45) is 5.92 Å². The van der Waals surface area contributed by atoms with Gasteiger partial charge in [-0.25, -0.2) is 9.13 Å². The topological polar surface area (TPSA) is 237 Å². The van der Waals surface area contributed by atoms with Gasteiger partial charge in [-0.2, -0.15) is 0 Å². The van der Waals surface area contributed by atoms with Crippen LogP contribution in [0.2, 0.25) is 0 Å². The Hall–Kier alpha value is -1.94. The smallest absolute Gasteiger partial charge is 0.462 e. The van der Waals surface area contributed by atoms with Crippen molar-refractivity contribution in [3.8, 4) is 0 Å². The van der Waals surface area contributed by atoms with Crippen molar-refractivity contribution in [2.75, 3.05) is 39.6 Å². The molecule has 0 aliphatic rings. The lowest BCUT2D eigenvalue weighted by atomic mass is 9.99. The lowest BCUT2D eigenvalue weighted by Crippen LogP contribution is -2.30. The summed E-state index contributed by atoms with van der Waals surface area (Å²) in [6.07, 6.45) is 76.4. The number of rotatable bonds is 89. The minimum atomic E-state index is -4.97. The molecule has 0 amide bonds. The van der Waals surface area contributed by atoms with E-state index < -0.39 is 97.5 Å². The number of aliphatic hydroxyl groups excluding tert-OH is 1. The van der Waals surface area contributed by atoms with Gasteiger partial charge >= 0.3 is 39.5 Å². The van der Waals surface area contributed by atoms with E-state index in [4.69, 9.17) is 37.0 Å². The van der Waals surface area contributed by atoms with Crippen LogP contribution in [-0.4, -0.2) is 96.7 Å². The third-order valence-corrected chi connectivity index (χ3v) is 23.3. The Balaban J connectivity index is 5.24. The van der Waals surface area contributed by atoms with Crippen molar-refractivity contribution < 1.29 is 80.2 Å². The first kappa shape index (κ1) is 106. The highest BCUT2D eigenvalue weighted by atomic mass is 31.2. The molecule has 108 heavy (non-hydrogen) atoms. The largest absolute Gasteiger partial charge is 0.472 e. The third kappa shape index (κ3) is 80.7. The Morgan fingerprint density at radius 1 is 0.259 bits per heavy atom. The average molecular weight is 1580 g/mol. The minimum absolute atomic E-state index is 0.108. The molecule has 0 aromatic carbocycles. The van der Waals surface area contributed by atoms with Gasteiger partial charge in [-0.1, -0.05) is 433 Å². The van der Waals surface area contributed by atoms with Gasteiger partial charge in [-0.3, -0.25) is 37.3 Å². The second-order valence-electron chi connectivity index (χ2n) is 32.2. The molecule has 6 atom stereocenters. The molecule has 0 aliphatic carbocycles. The van der Waals surface area contributed by atoms with Gasteiger partial charge in [0, 0.05) is 25.7 Å². The van der Waals surface area contributed by atoms with Crippen LogP contribution in [0.25, 0.3) is 0 Å². The predicted octanol–water partition coefficient (Wildman–Crippen LogP) is 27.5. The van der Waals surface area contributed by atoms with Crippen LogP contribution in [0.3, 0.4) is 0 Å². The van der Waals surface area contributed by atoms with Crippen LogP contribution < -0.4 is 0 Å². The number of unbranched alkanes of at least 4 members (excludes halogenated alkanes) is 60. The maximum absolute atomic E-state index is 13.2. The fraction of sp³-hybridized carbons (Fsp3) is 0.955. The number of phosphoric acid groups is 2. The highest BCUT2D eigenvalue weighted by molar-refractivity contribution is 7.47. The van der Waals surface area contributed by atoms with Crippen molar-refractivity contribution in [2.45, 2.75) is 502 Å². The van der Waals surface area contributed by atoms with E-state index >= 15 is 0 Å². The standard InChI is InChI=1S/C89H174O17P2/c1-6-10-13-16-19-22-25-28-31-33-35-37-39-41-44-47-50-53-60-65-70-75-88(93)105-84(78-99-86(91)72-67-62-57-51-48-45-43-40-38-36-34-32-29-26-23-20-17-14-11-7-2)80-103-107(95,96)101-76-83(90)77-102-108(97,98)104-81-85(79-100-87(92)73-68-63-58-55-54-56-61-66-71-82(5)9-4)106-89(94)74-69-64-59-52-49-46-42-30-27-24-21-18-15-12-8-3/h82-85,90H,6-81H2,1-5H3,(H,95,96)(H,97,98)/t82?,83-,84-,85-/m1/s1. The van der Waals surface area contributed by atoms with E-state index in [0.29, 0.717) is 25.7 Å². The Morgan fingerprint density at radius 3 is 0.657 bits per heavy atom. The molecule has 0 fully saturated rings. The van der Waals surface area contributed by atoms with Gasteiger partial charge in [0.1, 0.15) is 19.3 Å². The minimum Gasteiger partial charge on any atom is -0.462 e. The summed E-state index contributed by atoms with van der Waals surface area (Å²) in [5, 5.41) is 10.7. The fourth-order valence-electron chi connectivity index (χ4n) is 14.0. The molecule has 0 saturated heterocycles. The summed E-state index contributed by atoms with van der Waals surface area (Å²) in [6, 6.07) is 0. The van der Waals surface area contributed by atoms with Crippen LogP contribution in [-0.2, 0) is 65.4 Å². The molecule has 0 bridgehead atoms. The van der Waals surface area contributed by atoms with Crippen LogP contribution >= 0.6 is 15.6 Å². The number of esters is 4. The zero-order chi connectivity index (χ0) is 79.0. The van der Waals surface area contributed by atoms with Crippen molar-refractivity contribution in [1.82, 2.24) is 0 Å². The second kappa shape index (κ2) is 81.6. The summed E-state index contributed by atoms with van der Waals surface area (Å²) < 4.78 is 69.0. The quantitative estimate of drug-likeness (QED) is 0.0222. The monoisotopic (exact) mass is 1580 g/mol. The Morgan fingerprint density at radius 2 is 0.444 bits per heavy atom. The molecule has 0 heterocycles. The molecule has 0 aliphatic heterocycles. The summed E-state index contributed by atoms with van der Waals surface area (Å²) in [4.78, 5) is 73.4. The number of hydrogen-bond donors (Lipinski definition) is 3. The van der Waals surface area contributed by atoms with Crippen LogP contribution in [0.15, 0.2) is 0 Å². The number of carbonyl (C=O) groups excluding carboxylic acids is 4. The lowest BCUT2D eigenvalue weighted by molar-refractivity contribution is -0.161. The van der Waals surface area contributed by atoms with Crippen molar-refractivity contribution >= 4 is 39.5 Å². The molecule has 0 spiro atoms. The number of ether oxygens (including phenoxy) is 4. The van der Waals surface area contributed by atoms with Gasteiger partial charge in [-0.15, -0.1) is 0 Å². The van der Waals surface area contributed by atoms with Gasteiger partial charge in [-0.05, 0) is 31.6 Å². The van der Waals surface area contributed by atoms with E-state index in [1.54, 1.807) is 0 Å². The summed E-state index contributed by atoms with van der Waals surface area (Å²) in [7, 11) is -9.93. The van der Waals surface area contributed by atoms with E-state index in [-0.39, 0.29) is 25.7 Å². The van der Waals surface area contributed by atoms with E-state index in [1.807, 2.05) is 0 Å². The molecule has 19 heteroatoms. The molecule has 0 rings (SSSR count). The number of hydrogen-bond acceptors (Lipinski definition) is 15. The summed E-state index contributed by atoms with van der Waals surface area (Å²) in [5.74, 6) is -1.32. The molecule has 3 N–H and O–H groups in total. The first-order chi connectivity index (χ1) is 52.6. The highest BCUT2D eigenvalue weighted by Crippen LogP contribution is 2.45. The summed E-state index contributed by atoms with van der Waals surface area (Å²) >= 11 is 0. The maximum Gasteiger partial charge on any atom is 0.472 e. The summed E-state index contributed by atoms with van der Waals surface area (Å²) in [6.45, 7) is 7.39. The molecule has 3 unspecified atom stereocenters. The van der Waals surface area contributed by atoms with Crippen LogP contribution in [0.1, 0.15) is 484 Å². The molecule has 0 aromatic rings. The molecule has 642 valence electrons. The van der Waals surface area contributed by atoms with Gasteiger partial charge in [0.2, 0.25) is 0 Å². The summed E-state index contributed by atoms with van der Waals surface area (Å²) in [5.41, 5.74) is 0. The zero-order valence-corrected chi connectivity index (χ0v) is 72.8. The van der Waals surface area contributed by atoms with E-state index in [2.05, 4.69) is 34.6 Å². The van der Waals surface area contributed by atoms with Crippen LogP contribution in [0.4, 0.5) is 0 Å². The van der Waals surface area contributed by atoms with Gasteiger partial charge in [0.05, 0.1) is 26.4 Å². The molecular weight excluding hydrogens is 1400 g/mol. The highest BCUT2D eigenvalue weighted by Gasteiger charge is 2.31. The first-order valence-electron chi connectivity index (χ1n) is 46.2.